The number of carbonyl (C=O) groups excluding carboxylic acids is 1. The minimum Gasteiger partial charge on any atom is -0.373 e. The number of ether oxygens (including phenoxy) is 1. The molecule has 3 aliphatic rings. The van der Waals surface area contributed by atoms with Crippen LogP contribution in [0.3, 0.4) is 0 Å². The fourth-order valence-corrected chi connectivity index (χ4v) is 4.21. The molecule has 0 aromatic heterocycles. The first-order valence-corrected chi connectivity index (χ1v) is 8.91. The van der Waals surface area contributed by atoms with Gasteiger partial charge in [0.2, 0.25) is 0 Å². The monoisotopic (exact) mass is 333 g/mol. The van der Waals surface area contributed by atoms with Crippen LogP contribution in [-0.2, 0) is 4.74 Å². The summed E-state index contributed by atoms with van der Waals surface area (Å²) in [4.78, 5) is 14.3. The van der Waals surface area contributed by atoms with Crippen LogP contribution < -0.4 is 15.5 Å². The summed E-state index contributed by atoms with van der Waals surface area (Å²) < 4.78 is 19.7. The number of hydrogen-bond acceptors (Lipinski definition) is 3. The molecule has 0 spiro atoms. The molecule has 0 unspecified atom stereocenters. The third-order valence-electron chi connectivity index (χ3n) is 5.37. The lowest BCUT2D eigenvalue weighted by Gasteiger charge is -2.35. The van der Waals surface area contributed by atoms with E-state index in [1.165, 1.54) is 6.07 Å². The number of urea groups is 1. The van der Waals surface area contributed by atoms with E-state index in [1.54, 1.807) is 12.1 Å². The van der Waals surface area contributed by atoms with E-state index < -0.39 is 0 Å². The van der Waals surface area contributed by atoms with Gasteiger partial charge in [0.25, 0.3) is 0 Å². The molecule has 3 fully saturated rings. The van der Waals surface area contributed by atoms with Crippen molar-refractivity contribution in [3.8, 4) is 0 Å². The first-order valence-electron chi connectivity index (χ1n) is 8.91. The summed E-state index contributed by atoms with van der Waals surface area (Å²) in [6.45, 7) is 1.46. The van der Waals surface area contributed by atoms with E-state index >= 15 is 0 Å². The van der Waals surface area contributed by atoms with E-state index in [0.29, 0.717) is 18.3 Å². The predicted octanol–water partition coefficient (Wildman–Crippen LogP) is 2.41. The van der Waals surface area contributed by atoms with Crippen LogP contribution in [0.5, 0.6) is 0 Å². The highest BCUT2D eigenvalue weighted by atomic mass is 19.1. The highest BCUT2D eigenvalue weighted by Gasteiger charge is 2.41. The topological polar surface area (TPSA) is 53.6 Å². The maximum atomic E-state index is 14.0. The Morgan fingerprint density at radius 3 is 2.83 bits per heavy atom. The van der Waals surface area contributed by atoms with E-state index in [1.807, 2.05) is 11.0 Å². The number of rotatable bonds is 3. The fourth-order valence-electron chi connectivity index (χ4n) is 4.21. The standard InChI is InChI=1S/C18H24FN3O2/c19-14-5-1-2-6-16(14)22-9-3-4-12(11-22)20-18(23)21-15-10-13-7-8-17(15)24-13/h1-2,5-6,12-13,15,17H,3-4,7-11H2,(H2,20,21,23)/t12-,13-,15+,17-/m0/s1. The Hall–Kier alpha value is -1.82. The SMILES string of the molecule is O=C(N[C@H]1CCCN(c2ccccc2F)C1)N[C@@H]1C[C@@H]2CC[C@@H]1O2. The zero-order chi connectivity index (χ0) is 16.5. The molecule has 2 amide bonds. The molecule has 0 radical (unpaired) electrons. The number of para-hydroxylation sites is 1. The molecule has 24 heavy (non-hydrogen) atoms. The van der Waals surface area contributed by atoms with Crippen LogP contribution in [0.25, 0.3) is 0 Å². The van der Waals surface area contributed by atoms with Gasteiger partial charge < -0.3 is 20.3 Å². The third-order valence-corrected chi connectivity index (χ3v) is 5.37. The number of carbonyl (C=O) groups is 1. The van der Waals surface area contributed by atoms with E-state index in [2.05, 4.69) is 10.6 Å². The Balaban J connectivity index is 1.31. The molecule has 3 heterocycles. The number of nitrogens with zero attached hydrogens (tertiary/aromatic N) is 1. The summed E-state index contributed by atoms with van der Waals surface area (Å²) in [6.07, 6.45) is 5.45. The smallest absolute Gasteiger partial charge is 0.315 e. The van der Waals surface area contributed by atoms with Crippen molar-refractivity contribution in [2.75, 3.05) is 18.0 Å². The highest BCUT2D eigenvalue weighted by Crippen LogP contribution is 2.34. The van der Waals surface area contributed by atoms with Crippen LogP contribution in [0.2, 0.25) is 0 Å². The van der Waals surface area contributed by atoms with Crippen molar-refractivity contribution in [3.05, 3.63) is 30.1 Å². The van der Waals surface area contributed by atoms with Gasteiger partial charge in [-0.05, 0) is 44.2 Å². The molecule has 4 atom stereocenters. The minimum atomic E-state index is -0.207. The highest BCUT2D eigenvalue weighted by molar-refractivity contribution is 5.75. The molecule has 0 saturated carbocycles. The van der Waals surface area contributed by atoms with Crippen LogP contribution in [0, 0.1) is 5.82 Å². The molecular formula is C18H24FN3O2. The number of nitrogens with one attached hydrogen (secondary N) is 2. The predicted molar refractivity (Wildman–Crippen MR) is 89.6 cm³/mol. The van der Waals surface area contributed by atoms with Crippen molar-refractivity contribution in [2.24, 2.45) is 0 Å². The van der Waals surface area contributed by atoms with Gasteiger partial charge in [0.15, 0.2) is 0 Å². The molecule has 130 valence electrons. The molecule has 3 saturated heterocycles. The maximum Gasteiger partial charge on any atom is 0.315 e. The van der Waals surface area contributed by atoms with Gasteiger partial charge >= 0.3 is 6.03 Å². The fraction of sp³-hybridized carbons (Fsp3) is 0.611. The molecule has 5 nitrogen and oxygen atoms in total. The van der Waals surface area contributed by atoms with E-state index in [4.69, 9.17) is 4.74 Å². The Bertz CT molecular complexity index is 612. The van der Waals surface area contributed by atoms with E-state index in [-0.39, 0.29) is 30.0 Å². The summed E-state index contributed by atoms with van der Waals surface area (Å²) in [5, 5.41) is 6.11. The first kappa shape index (κ1) is 15.7. The minimum absolute atomic E-state index is 0.0397. The van der Waals surface area contributed by atoms with Crippen molar-refractivity contribution < 1.29 is 13.9 Å². The lowest BCUT2D eigenvalue weighted by Crippen LogP contribution is -2.53. The first-order chi connectivity index (χ1) is 11.7. The number of fused-ring (bicyclic) bond motifs is 2. The summed E-state index contributed by atoms with van der Waals surface area (Å²) >= 11 is 0. The maximum absolute atomic E-state index is 14.0. The Labute approximate surface area is 141 Å². The number of halogens is 1. The Morgan fingerprint density at radius 2 is 2.08 bits per heavy atom. The average Bonchev–Trinajstić information content (AvgIpc) is 3.18. The lowest BCUT2D eigenvalue weighted by atomic mass is 9.96. The molecule has 3 aliphatic heterocycles. The Kier molecular flexibility index (Phi) is 4.31. The van der Waals surface area contributed by atoms with Crippen LogP contribution >= 0.6 is 0 Å². The largest absolute Gasteiger partial charge is 0.373 e. The number of amides is 2. The third kappa shape index (κ3) is 3.20. The molecule has 1 aromatic rings. The molecule has 2 bridgehead atoms. The zero-order valence-corrected chi connectivity index (χ0v) is 13.7. The second-order valence-electron chi connectivity index (χ2n) is 7.07. The van der Waals surface area contributed by atoms with E-state index in [9.17, 15) is 9.18 Å². The van der Waals surface area contributed by atoms with Gasteiger partial charge in [0.1, 0.15) is 5.82 Å². The van der Waals surface area contributed by atoms with Crippen molar-refractivity contribution in [3.63, 3.8) is 0 Å². The van der Waals surface area contributed by atoms with Crippen molar-refractivity contribution in [1.29, 1.82) is 0 Å². The molecule has 0 aliphatic carbocycles. The van der Waals surface area contributed by atoms with Crippen LogP contribution in [0.4, 0.5) is 14.9 Å². The van der Waals surface area contributed by atoms with Crippen molar-refractivity contribution >= 4 is 11.7 Å². The lowest BCUT2D eigenvalue weighted by molar-refractivity contribution is 0.0980. The van der Waals surface area contributed by atoms with Gasteiger partial charge in [0, 0.05) is 19.1 Å². The van der Waals surface area contributed by atoms with Gasteiger partial charge in [-0.15, -0.1) is 0 Å². The molecule has 4 rings (SSSR count). The molecular weight excluding hydrogens is 309 g/mol. The molecule has 6 heteroatoms. The second kappa shape index (κ2) is 6.59. The van der Waals surface area contributed by atoms with Gasteiger partial charge in [-0.25, -0.2) is 9.18 Å². The average molecular weight is 333 g/mol. The summed E-state index contributed by atoms with van der Waals surface area (Å²) in [5.74, 6) is -0.207. The molecule has 1 aromatic carbocycles. The van der Waals surface area contributed by atoms with E-state index in [0.717, 1.165) is 38.6 Å². The quantitative estimate of drug-likeness (QED) is 0.893. The summed E-state index contributed by atoms with van der Waals surface area (Å²) in [6, 6.07) is 6.86. The Morgan fingerprint density at radius 1 is 1.21 bits per heavy atom. The molecule has 2 N–H and O–H groups in total. The number of anilines is 1. The second-order valence-corrected chi connectivity index (χ2v) is 7.07. The number of piperidine rings is 1. The number of benzene rings is 1. The van der Waals surface area contributed by atoms with Gasteiger partial charge in [0.05, 0.1) is 23.9 Å². The van der Waals surface area contributed by atoms with Gasteiger partial charge in [-0.3, -0.25) is 0 Å². The van der Waals surface area contributed by atoms with Crippen LogP contribution in [0.15, 0.2) is 24.3 Å². The summed E-state index contributed by atoms with van der Waals surface area (Å²) in [5.41, 5.74) is 0.617. The van der Waals surface area contributed by atoms with Crippen molar-refractivity contribution in [2.45, 2.75) is 56.4 Å². The number of hydrogen-bond donors (Lipinski definition) is 2. The zero-order valence-electron chi connectivity index (χ0n) is 13.7. The van der Waals surface area contributed by atoms with Crippen LogP contribution in [0.1, 0.15) is 32.1 Å². The van der Waals surface area contributed by atoms with Crippen LogP contribution in [-0.4, -0.2) is 43.4 Å². The normalized spacial score (nSPS) is 32.0. The summed E-state index contributed by atoms with van der Waals surface area (Å²) in [7, 11) is 0. The van der Waals surface area contributed by atoms with Gasteiger partial charge in [-0.1, -0.05) is 12.1 Å². The van der Waals surface area contributed by atoms with Gasteiger partial charge in [-0.2, -0.15) is 0 Å². The van der Waals surface area contributed by atoms with Crippen molar-refractivity contribution in [1.82, 2.24) is 10.6 Å².